The highest BCUT2D eigenvalue weighted by Gasteiger charge is 1.99. The number of nitrogens with one attached hydrogen (secondary N) is 2. The molecule has 138 valence electrons. The number of aliphatic hydroxyl groups excluding tert-OH is 1. The van der Waals surface area contributed by atoms with E-state index in [4.69, 9.17) is 9.84 Å². The van der Waals surface area contributed by atoms with Gasteiger partial charge in [0, 0.05) is 24.3 Å². The van der Waals surface area contributed by atoms with E-state index in [1.807, 2.05) is 34.6 Å². The number of aromatic nitrogens is 3. The maximum atomic E-state index is 11.1. The average Bonchev–Trinajstić information content (AvgIpc) is 2.62. The number of nitrogens with zero attached hydrogens (tertiary/aromatic N) is 1. The van der Waals surface area contributed by atoms with E-state index in [0.717, 1.165) is 11.8 Å². The second-order valence-electron chi connectivity index (χ2n) is 4.25. The van der Waals surface area contributed by atoms with Crippen molar-refractivity contribution in [1.82, 2.24) is 15.0 Å². The second-order valence-corrected chi connectivity index (χ2v) is 4.25. The summed E-state index contributed by atoms with van der Waals surface area (Å²) >= 11 is 0. The van der Waals surface area contributed by atoms with Crippen molar-refractivity contribution in [3.63, 3.8) is 0 Å². The first-order valence-electron chi connectivity index (χ1n) is 8.24. The zero-order valence-corrected chi connectivity index (χ0v) is 15.8. The molecule has 0 saturated carbocycles. The molecule has 2 rings (SSSR count). The Balaban J connectivity index is 0. The minimum Gasteiger partial charge on any atom is -0.394 e. The zero-order valence-electron chi connectivity index (χ0n) is 15.8. The maximum absolute atomic E-state index is 11.1. The van der Waals surface area contributed by atoms with Crippen LogP contribution in [-0.2, 0) is 4.74 Å². The van der Waals surface area contributed by atoms with E-state index in [9.17, 15) is 9.59 Å². The number of hydrogen-bond donors (Lipinski definition) is 3. The number of H-pyrrole nitrogens is 2. The summed E-state index contributed by atoms with van der Waals surface area (Å²) in [5.41, 5.74) is 0.346. The van der Waals surface area contributed by atoms with Gasteiger partial charge in [-0.05, 0) is 19.4 Å². The van der Waals surface area contributed by atoms with Crippen LogP contribution in [0, 0.1) is 6.92 Å². The van der Waals surface area contributed by atoms with Crippen LogP contribution in [-0.4, -0.2) is 39.9 Å². The molecule has 0 aliphatic carbocycles. The van der Waals surface area contributed by atoms with Gasteiger partial charge in [0.05, 0.1) is 12.7 Å². The Morgan fingerprint density at radius 1 is 1.21 bits per heavy atom. The third-order valence-corrected chi connectivity index (χ3v) is 2.80. The summed E-state index contributed by atoms with van der Waals surface area (Å²) < 4.78 is 4.80. The largest absolute Gasteiger partial charge is 0.394 e. The minimum absolute atomic E-state index is 0.0417. The molecule has 24 heavy (non-hydrogen) atoms. The highest BCUT2D eigenvalue weighted by atomic mass is 16.5. The molecule has 0 radical (unpaired) electrons. The van der Waals surface area contributed by atoms with Crippen molar-refractivity contribution in [3.05, 3.63) is 38.7 Å². The number of aliphatic hydroxyl groups is 1. The molecule has 0 aliphatic rings. The lowest BCUT2D eigenvalue weighted by Crippen LogP contribution is -2.15. The zero-order chi connectivity index (χ0) is 19.1. The first-order valence-corrected chi connectivity index (χ1v) is 8.24. The van der Waals surface area contributed by atoms with Gasteiger partial charge in [-0.25, -0.2) is 9.78 Å². The van der Waals surface area contributed by atoms with Gasteiger partial charge in [0.25, 0.3) is 5.56 Å². The van der Waals surface area contributed by atoms with Crippen LogP contribution in [0.15, 0.2) is 21.9 Å². The lowest BCUT2D eigenvalue weighted by atomic mass is 10.2. The maximum Gasteiger partial charge on any atom is 0.346 e. The third-order valence-electron chi connectivity index (χ3n) is 2.80. The lowest BCUT2D eigenvalue weighted by molar-refractivity contribution is 0.0467. The Kier molecular flexibility index (Phi) is 14.8. The van der Waals surface area contributed by atoms with Gasteiger partial charge in [-0.1, -0.05) is 34.6 Å². The summed E-state index contributed by atoms with van der Waals surface area (Å²) in [4.78, 5) is 30.5. The second kappa shape index (κ2) is 14.6. The topological polar surface area (TPSA) is 108 Å². The van der Waals surface area contributed by atoms with Gasteiger partial charge in [-0.3, -0.25) is 9.78 Å². The molecule has 0 saturated heterocycles. The fourth-order valence-electron chi connectivity index (χ4n) is 1.50. The lowest BCUT2D eigenvalue weighted by Gasteiger charge is -2.06. The molecule has 2 aromatic rings. The molecule has 7 nitrogen and oxygen atoms in total. The van der Waals surface area contributed by atoms with E-state index in [2.05, 4.69) is 15.0 Å². The molecule has 1 atom stereocenters. The molecule has 0 aliphatic heterocycles. The van der Waals surface area contributed by atoms with Crippen molar-refractivity contribution in [1.29, 1.82) is 0 Å². The molecular weight excluding hydrogens is 310 g/mol. The fourth-order valence-corrected chi connectivity index (χ4v) is 1.50. The predicted octanol–water partition coefficient (Wildman–Crippen LogP) is 2.38. The average molecular weight is 341 g/mol. The van der Waals surface area contributed by atoms with Crippen molar-refractivity contribution < 1.29 is 9.84 Å². The van der Waals surface area contributed by atoms with Gasteiger partial charge in [0.1, 0.15) is 5.65 Å². The van der Waals surface area contributed by atoms with Gasteiger partial charge in [0.2, 0.25) is 0 Å². The van der Waals surface area contributed by atoms with Crippen LogP contribution in [0.3, 0.4) is 0 Å². The molecule has 0 amide bonds. The van der Waals surface area contributed by atoms with Crippen LogP contribution in [0.4, 0.5) is 0 Å². The summed E-state index contributed by atoms with van der Waals surface area (Å²) in [6.07, 6.45) is 2.35. The Morgan fingerprint density at radius 3 is 2.21 bits per heavy atom. The Hall–Kier alpha value is -1.99. The van der Waals surface area contributed by atoms with Crippen LogP contribution in [0.25, 0.3) is 11.0 Å². The molecule has 0 spiro atoms. The number of aryl methyl sites for hydroxylation is 1. The van der Waals surface area contributed by atoms with Crippen molar-refractivity contribution in [2.75, 3.05) is 13.7 Å². The fraction of sp³-hybridized carbons (Fsp3) is 0.588. The number of hydrogen-bond acceptors (Lipinski definition) is 5. The van der Waals surface area contributed by atoms with E-state index >= 15 is 0 Å². The minimum atomic E-state index is -0.466. The van der Waals surface area contributed by atoms with Crippen molar-refractivity contribution in [3.8, 4) is 0 Å². The molecular formula is C17H31N3O4. The first-order chi connectivity index (χ1) is 11.5. The summed E-state index contributed by atoms with van der Waals surface area (Å²) in [5.74, 6) is 0. The summed E-state index contributed by atoms with van der Waals surface area (Å²) in [5, 5.41) is 9.12. The van der Waals surface area contributed by atoms with Gasteiger partial charge in [-0.2, -0.15) is 0 Å². The van der Waals surface area contributed by atoms with Gasteiger partial charge >= 0.3 is 5.69 Å². The van der Waals surface area contributed by atoms with Crippen LogP contribution < -0.4 is 11.2 Å². The van der Waals surface area contributed by atoms with Crippen molar-refractivity contribution in [2.45, 2.75) is 54.1 Å². The molecule has 2 aromatic heterocycles. The molecule has 2 heterocycles. The smallest absolute Gasteiger partial charge is 0.346 e. The van der Waals surface area contributed by atoms with E-state index in [0.29, 0.717) is 11.2 Å². The Labute approximate surface area is 143 Å². The van der Waals surface area contributed by atoms with Gasteiger partial charge in [0.15, 0.2) is 0 Å². The standard InChI is InChI=1S/C8H7N3O2.C5H12O2.2C2H6/c1-4-2-5-3-9-8(13)11-6(5)10-7(4)12;1-3-5(4-6)7-2;2*1-2/h2-3H,1H3,(H2,9,10,11,12,13);5-6H,3-4H2,1-2H3;2*1-2H3/t;5-;;/m.0../s1. The predicted molar refractivity (Wildman–Crippen MR) is 98.6 cm³/mol. The van der Waals surface area contributed by atoms with Crippen molar-refractivity contribution in [2.24, 2.45) is 0 Å². The normalized spacial score (nSPS) is 10.3. The van der Waals surface area contributed by atoms with E-state index in [-0.39, 0.29) is 18.3 Å². The quantitative estimate of drug-likeness (QED) is 0.794. The number of pyridine rings is 1. The highest BCUT2D eigenvalue weighted by molar-refractivity contribution is 5.73. The number of fused-ring (bicyclic) bond motifs is 1. The number of rotatable bonds is 3. The summed E-state index contributed by atoms with van der Waals surface area (Å²) in [6, 6.07) is 1.68. The van der Waals surface area contributed by atoms with E-state index < -0.39 is 5.69 Å². The summed E-state index contributed by atoms with van der Waals surface area (Å²) in [7, 11) is 1.60. The van der Waals surface area contributed by atoms with Crippen LogP contribution >= 0.6 is 0 Å². The monoisotopic (exact) mass is 341 g/mol. The van der Waals surface area contributed by atoms with Crippen LogP contribution in [0.5, 0.6) is 0 Å². The van der Waals surface area contributed by atoms with Gasteiger partial charge < -0.3 is 14.8 Å². The molecule has 3 N–H and O–H groups in total. The Bertz CT molecular complexity index is 655. The Morgan fingerprint density at radius 2 is 1.79 bits per heavy atom. The number of ether oxygens (including phenoxy) is 1. The number of aromatic amines is 2. The first kappa shape index (κ1) is 24.3. The summed E-state index contributed by atoms with van der Waals surface area (Å²) in [6.45, 7) is 11.8. The molecule has 0 aromatic carbocycles. The molecule has 0 bridgehead atoms. The van der Waals surface area contributed by atoms with Crippen LogP contribution in [0.2, 0.25) is 0 Å². The van der Waals surface area contributed by atoms with Gasteiger partial charge in [-0.15, -0.1) is 0 Å². The highest BCUT2D eigenvalue weighted by Crippen LogP contribution is 2.02. The van der Waals surface area contributed by atoms with Crippen LogP contribution in [0.1, 0.15) is 46.6 Å². The molecule has 0 unspecified atom stereocenters. The molecule has 7 heteroatoms. The van der Waals surface area contributed by atoms with Crippen molar-refractivity contribution >= 4 is 11.0 Å². The van der Waals surface area contributed by atoms with E-state index in [1.165, 1.54) is 6.20 Å². The van der Waals surface area contributed by atoms with E-state index in [1.54, 1.807) is 20.1 Å². The molecule has 0 fully saturated rings. The third kappa shape index (κ3) is 8.59. The number of methoxy groups -OCH3 is 1. The SMILES string of the molecule is CC.CC.CC[C@@H](CO)OC.Cc1cc2cnc(=O)[nH]c2[nH]c1=O.